The standard InChI is InChI=1S/C19H24ClNO4S/c1-4-24-18-10-9-16(12-19(18)25-5-2)14(3)21-26(22,23)13-15-7-6-8-17(20)11-15/h6-12,14,21H,4-5,13H2,1-3H3/t14-/m1/s1. The number of sulfonamides is 1. The van der Waals surface area contributed by atoms with Gasteiger partial charge in [0.1, 0.15) is 0 Å². The Labute approximate surface area is 160 Å². The molecule has 0 saturated heterocycles. The summed E-state index contributed by atoms with van der Waals surface area (Å²) < 4.78 is 38.8. The number of ether oxygens (including phenoxy) is 2. The Morgan fingerprint density at radius 1 is 1.04 bits per heavy atom. The smallest absolute Gasteiger partial charge is 0.216 e. The fourth-order valence-corrected chi connectivity index (χ4v) is 4.15. The van der Waals surface area contributed by atoms with E-state index in [-0.39, 0.29) is 5.75 Å². The monoisotopic (exact) mass is 397 g/mol. The molecule has 0 aliphatic heterocycles. The molecule has 26 heavy (non-hydrogen) atoms. The lowest BCUT2D eigenvalue weighted by molar-refractivity contribution is 0.287. The molecule has 0 aliphatic carbocycles. The van der Waals surface area contributed by atoms with E-state index in [1.54, 1.807) is 43.3 Å². The van der Waals surface area contributed by atoms with Crippen molar-refractivity contribution in [3.63, 3.8) is 0 Å². The van der Waals surface area contributed by atoms with Gasteiger partial charge in [0.15, 0.2) is 11.5 Å². The van der Waals surface area contributed by atoms with Crippen molar-refractivity contribution in [1.29, 1.82) is 0 Å². The summed E-state index contributed by atoms with van der Waals surface area (Å²) >= 11 is 5.92. The molecule has 0 amide bonds. The molecule has 2 aromatic rings. The largest absolute Gasteiger partial charge is 0.490 e. The lowest BCUT2D eigenvalue weighted by atomic mass is 10.1. The van der Waals surface area contributed by atoms with E-state index in [1.165, 1.54) is 0 Å². The molecule has 1 N–H and O–H groups in total. The van der Waals surface area contributed by atoms with E-state index < -0.39 is 16.1 Å². The molecule has 0 aliphatic rings. The van der Waals surface area contributed by atoms with E-state index in [0.717, 1.165) is 5.56 Å². The maximum Gasteiger partial charge on any atom is 0.216 e. The zero-order valence-electron chi connectivity index (χ0n) is 15.2. The Morgan fingerprint density at radius 2 is 1.73 bits per heavy atom. The summed E-state index contributed by atoms with van der Waals surface area (Å²) in [6.07, 6.45) is 0. The normalized spacial score (nSPS) is 12.6. The number of hydrogen-bond acceptors (Lipinski definition) is 4. The first-order valence-corrected chi connectivity index (χ1v) is 10.5. The van der Waals surface area contributed by atoms with Crippen molar-refractivity contribution in [1.82, 2.24) is 4.72 Å². The first-order valence-electron chi connectivity index (χ1n) is 8.48. The van der Waals surface area contributed by atoms with Crippen LogP contribution in [0, 0.1) is 0 Å². The highest BCUT2D eigenvalue weighted by Crippen LogP contribution is 2.31. The number of hydrogen-bond donors (Lipinski definition) is 1. The summed E-state index contributed by atoms with van der Waals surface area (Å²) in [4.78, 5) is 0. The van der Waals surface area contributed by atoms with Crippen LogP contribution in [0.1, 0.15) is 37.9 Å². The SMILES string of the molecule is CCOc1ccc([C@@H](C)NS(=O)(=O)Cc2cccc(Cl)c2)cc1OCC. The third-order valence-electron chi connectivity index (χ3n) is 3.67. The van der Waals surface area contributed by atoms with Crippen LogP contribution in [0.5, 0.6) is 11.5 Å². The summed E-state index contributed by atoms with van der Waals surface area (Å²) in [6, 6.07) is 11.9. The summed E-state index contributed by atoms with van der Waals surface area (Å²) in [5.74, 6) is 1.12. The second-order valence-electron chi connectivity index (χ2n) is 5.80. The lowest BCUT2D eigenvalue weighted by Gasteiger charge is -2.17. The van der Waals surface area contributed by atoms with Crippen LogP contribution in [0.25, 0.3) is 0 Å². The van der Waals surface area contributed by atoms with Crippen molar-refractivity contribution < 1.29 is 17.9 Å². The molecule has 2 aromatic carbocycles. The van der Waals surface area contributed by atoms with E-state index in [0.29, 0.717) is 35.3 Å². The molecule has 0 spiro atoms. The molecule has 0 fully saturated rings. The molecule has 2 rings (SSSR count). The van der Waals surface area contributed by atoms with Gasteiger partial charge >= 0.3 is 0 Å². The first kappa shape index (κ1) is 20.6. The van der Waals surface area contributed by atoms with Gasteiger partial charge in [-0.05, 0) is 56.2 Å². The highest BCUT2D eigenvalue weighted by molar-refractivity contribution is 7.88. The second kappa shape index (κ2) is 9.26. The number of nitrogens with one attached hydrogen (secondary N) is 1. The fourth-order valence-electron chi connectivity index (χ4n) is 2.56. The van der Waals surface area contributed by atoms with Crippen LogP contribution >= 0.6 is 11.6 Å². The average molecular weight is 398 g/mol. The Hall–Kier alpha value is -1.76. The van der Waals surface area contributed by atoms with Crippen LogP contribution in [0.4, 0.5) is 0 Å². The minimum absolute atomic E-state index is 0.132. The third kappa shape index (κ3) is 5.90. The Bertz CT molecular complexity index is 839. The number of halogens is 1. The van der Waals surface area contributed by atoms with Crippen LogP contribution in [0.3, 0.4) is 0 Å². The van der Waals surface area contributed by atoms with Crippen LogP contribution in [0.2, 0.25) is 5.02 Å². The van der Waals surface area contributed by atoms with Gasteiger partial charge in [-0.1, -0.05) is 29.8 Å². The van der Waals surface area contributed by atoms with E-state index in [2.05, 4.69) is 4.72 Å². The van der Waals surface area contributed by atoms with Gasteiger partial charge in [-0.25, -0.2) is 13.1 Å². The quantitative estimate of drug-likeness (QED) is 0.684. The van der Waals surface area contributed by atoms with Crippen molar-refractivity contribution in [3.05, 3.63) is 58.6 Å². The molecule has 0 saturated carbocycles. The lowest BCUT2D eigenvalue weighted by Crippen LogP contribution is -2.28. The highest BCUT2D eigenvalue weighted by Gasteiger charge is 2.18. The zero-order chi connectivity index (χ0) is 19.2. The second-order valence-corrected chi connectivity index (χ2v) is 7.99. The maximum absolute atomic E-state index is 12.5. The summed E-state index contributed by atoms with van der Waals surface area (Å²) in [5.41, 5.74) is 1.44. The van der Waals surface area contributed by atoms with Crippen molar-refractivity contribution in [2.24, 2.45) is 0 Å². The van der Waals surface area contributed by atoms with Crippen LogP contribution in [0.15, 0.2) is 42.5 Å². The zero-order valence-corrected chi connectivity index (χ0v) is 16.7. The predicted molar refractivity (Wildman–Crippen MR) is 104 cm³/mol. The number of benzene rings is 2. The summed E-state index contributed by atoms with van der Waals surface area (Å²) in [6.45, 7) is 6.61. The van der Waals surface area contributed by atoms with Gasteiger partial charge in [0, 0.05) is 11.1 Å². The summed E-state index contributed by atoms with van der Waals surface area (Å²) in [7, 11) is -3.52. The minimum atomic E-state index is -3.52. The Balaban J connectivity index is 2.15. The van der Waals surface area contributed by atoms with Crippen LogP contribution < -0.4 is 14.2 Å². The van der Waals surface area contributed by atoms with E-state index in [1.807, 2.05) is 19.9 Å². The molecule has 0 bridgehead atoms. The summed E-state index contributed by atoms with van der Waals surface area (Å²) in [5, 5.41) is 0.513. The first-order chi connectivity index (χ1) is 12.3. The van der Waals surface area contributed by atoms with Gasteiger partial charge in [-0.15, -0.1) is 0 Å². The molecule has 5 nitrogen and oxygen atoms in total. The average Bonchev–Trinajstić information content (AvgIpc) is 2.56. The molecule has 0 aromatic heterocycles. The molecule has 0 radical (unpaired) electrons. The predicted octanol–water partition coefficient (Wildman–Crippen LogP) is 4.32. The topological polar surface area (TPSA) is 64.6 Å². The third-order valence-corrected chi connectivity index (χ3v) is 5.33. The molecular formula is C19H24ClNO4S. The fraction of sp³-hybridized carbons (Fsp3) is 0.368. The van der Waals surface area contributed by atoms with Crippen molar-refractivity contribution >= 4 is 21.6 Å². The van der Waals surface area contributed by atoms with E-state index in [4.69, 9.17) is 21.1 Å². The molecule has 7 heteroatoms. The van der Waals surface area contributed by atoms with Crippen LogP contribution in [-0.4, -0.2) is 21.6 Å². The Morgan fingerprint density at radius 3 is 2.38 bits per heavy atom. The maximum atomic E-state index is 12.5. The van der Waals surface area contributed by atoms with Gasteiger partial charge in [0.25, 0.3) is 0 Å². The van der Waals surface area contributed by atoms with Gasteiger partial charge < -0.3 is 9.47 Å². The van der Waals surface area contributed by atoms with E-state index in [9.17, 15) is 8.42 Å². The molecule has 0 unspecified atom stereocenters. The van der Waals surface area contributed by atoms with Crippen molar-refractivity contribution in [3.8, 4) is 11.5 Å². The molecule has 1 atom stereocenters. The Kier molecular flexibility index (Phi) is 7.32. The number of rotatable bonds is 9. The van der Waals surface area contributed by atoms with Crippen molar-refractivity contribution in [2.45, 2.75) is 32.6 Å². The van der Waals surface area contributed by atoms with Gasteiger partial charge in [-0.3, -0.25) is 0 Å². The van der Waals surface area contributed by atoms with E-state index >= 15 is 0 Å². The van der Waals surface area contributed by atoms with Crippen LogP contribution in [-0.2, 0) is 15.8 Å². The van der Waals surface area contributed by atoms with Gasteiger partial charge in [0.05, 0.1) is 19.0 Å². The van der Waals surface area contributed by atoms with Gasteiger partial charge in [0.2, 0.25) is 10.0 Å². The molecule has 142 valence electrons. The molecular weight excluding hydrogens is 374 g/mol. The van der Waals surface area contributed by atoms with Gasteiger partial charge in [-0.2, -0.15) is 0 Å². The highest BCUT2D eigenvalue weighted by atomic mass is 35.5. The molecule has 0 heterocycles. The minimum Gasteiger partial charge on any atom is -0.490 e. The van der Waals surface area contributed by atoms with Crippen molar-refractivity contribution in [2.75, 3.05) is 13.2 Å².